The molecule has 110 valence electrons. The summed E-state index contributed by atoms with van der Waals surface area (Å²) in [6, 6.07) is 5.86. The standard InChI is InChI=1S/C15H21BrN2O2/c1-11-4-5-14(13(16)10-11)20-12(2)15(19)18-8-3-6-17-7-9-18/h4-5,10,12,17H,3,6-9H2,1-2H3. The van der Waals surface area contributed by atoms with Crippen molar-refractivity contribution in [1.82, 2.24) is 10.2 Å². The molecule has 5 heteroatoms. The van der Waals surface area contributed by atoms with Crippen molar-refractivity contribution in [2.24, 2.45) is 0 Å². The Balaban J connectivity index is 1.99. The minimum atomic E-state index is -0.466. The van der Waals surface area contributed by atoms with E-state index in [0.29, 0.717) is 5.75 Å². The predicted molar refractivity (Wildman–Crippen MR) is 83.0 cm³/mol. The van der Waals surface area contributed by atoms with Crippen molar-refractivity contribution in [3.05, 3.63) is 28.2 Å². The summed E-state index contributed by atoms with van der Waals surface area (Å²) < 4.78 is 6.68. The summed E-state index contributed by atoms with van der Waals surface area (Å²) in [5.74, 6) is 0.769. The lowest BCUT2D eigenvalue weighted by molar-refractivity contribution is -0.137. The van der Waals surface area contributed by atoms with Gasteiger partial charge >= 0.3 is 0 Å². The minimum absolute atomic E-state index is 0.0566. The summed E-state index contributed by atoms with van der Waals surface area (Å²) in [5, 5.41) is 3.29. The molecule has 1 unspecified atom stereocenters. The lowest BCUT2D eigenvalue weighted by atomic mass is 10.2. The lowest BCUT2D eigenvalue weighted by Gasteiger charge is -2.24. The molecule has 20 heavy (non-hydrogen) atoms. The smallest absolute Gasteiger partial charge is 0.263 e. The first-order valence-corrected chi connectivity index (χ1v) is 7.79. The number of nitrogens with zero attached hydrogens (tertiary/aromatic N) is 1. The third kappa shape index (κ3) is 3.96. The van der Waals surface area contributed by atoms with Crippen LogP contribution in [0.1, 0.15) is 18.9 Å². The highest BCUT2D eigenvalue weighted by Gasteiger charge is 2.23. The van der Waals surface area contributed by atoms with E-state index in [1.54, 1.807) is 0 Å². The van der Waals surface area contributed by atoms with Crippen molar-refractivity contribution >= 4 is 21.8 Å². The fraction of sp³-hybridized carbons (Fsp3) is 0.533. The van der Waals surface area contributed by atoms with Crippen LogP contribution in [0, 0.1) is 6.92 Å². The van der Waals surface area contributed by atoms with Gasteiger partial charge in [-0.1, -0.05) is 6.07 Å². The van der Waals surface area contributed by atoms with Gasteiger partial charge in [0.1, 0.15) is 5.75 Å². The van der Waals surface area contributed by atoms with E-state index < -0.39 is 6.10 Å². The number of halogens is 1. The second kappa shape index (κ2) is 7.09. The van der Waals surface area contributed by atoms with E-state index in [0.717, 1.165) is 42.6 Å². The van der Waals surface area contributed by atoms with Gasteiger partial charge in [-0.25, -0.2) is 0 Å². The zero-order valence-electron chi connectivity index (χ0n) is 12.0. The molecule has 1 aromatic rings. The zero-order valence-corrected chi connectivity index (χ0v) is 13.6. The molecule has 1 N–H and O–H groups in total. The van der Waals surface area contributed by atoms with Gasteiger partial charge in [-0.15, -0.1) is 0 Å². The van der Waals surface area contributed by atoms with Crippen molar-refractivity contribution in [3.8, 4) is 5.75 Å². The van der Waals surface area contributed by atoms with E-state index in [-0.39, 0.29) is 5.91 Å². The van der Waals surface area contributed by atoms with Gasteiger partial charge in [0, 0.05) is 19.6 Å². The highest BCUT2D eigenvalue weighted by atomic mass is 79.9. The maximum absolute atomic E-state index is 12.4. The SMILES string of the molecule is Cc1ccc(OC(C)C(=O)N2CCCNCC2)c(Br)c1. The Hall–Kier alpha value is -1.07. The molecule has 4 nitrogen and oxygen atoms in total. The number of rotatable bonds is 3. The zero-order chi connectivity index (χ0) is 14.5. The number of hydrogen-bond acceptors (Lipinski definition) is 3. The summed E-state index contributed by atoms with van der Waals surface area (Å²) >= 11 is 3.47. The Labute approximate surface area is 128 Å². The van der Waals surface area contributed by atoms with Crippen LogP contribution in [0.25, 0.3) is 0 Å². The Morgan fingerprint density at radius 2 is 2.20 bits per heavy atom. The van der Waals surface area contributed by atoms with E-state index in [1.807, 2.05) is 36.9 Å². The first-order chi connectivity index (χ1) is 9.58. The van der Waals surface area contributed by atoms with Gasteiger partial charge in [0.25, 0.3) is 5.91 Å². The van der Waals surface area contributed by atoms with Crippen LogP contribution in [0.5, 0.6) is 5.75 Å². The third-order valence-corrected chi connectivity index (χ3v) is 4.01. The molecule has 0 spiro atoms. The second-order valence-corrected chi connectivity index (χ2v) is 5.98. The number of hydrogen-bond donors (Lipinski definition) is 1. The van der Waals surface area contributed by atoms with Crippen LogP contribution in [0.2, 0.25) is 0 Å². The number of aryl methyl sites for hydroxylation is 1. The first kappa shape index (κ1) is 15.3. The number of benzene rings is 1. The van der Waals surface area contributed by atoms with E-state index in [2.05, 4.69) is 21.2 Å². The lowest BCUT2D eigenvalue weighted by Crippen LogP contribution is -2.42. The van der Waals surface area contributed by atoms with Gasteiger partial charge < -0.3 is 15.0 Å². The van der Waals surface area contributed by atoms with Crippen molar-refractivity contribution < 1.29 is 9.53 Å². The van der Waals surface area contributed by atoms with Crippen LogP contribution in [0.4, 0.5) is 0 Å². The normalized spacial score (nSPS) is 17.4. The molecule has 1 saturated heterocycles. The number of nitrogens with one attached hydrogen (secondary N) is 1. The molecular formula is C15H21BrN2O2. The van der Waals surface area contributed by atoms with Crippen LogP contribution in [-0.4, -0.2) is 43.1 Å². The second-order valence-electron chi connectivity index (χ2n) is 5.12. The number of carbonyl (C=O) groups is 1. The minimum Gasteiger partial charge on any atom is -0.480 e. The van der Waals surface area contributed by atoms with Gasteiger partial charge in [-0.3, -0.25) is 4.79 Å². The van der Waals surface area contributed by atoms with E-state index in [4.69, 9.17) is 4.74 Å². The van der Waals surface area contributed by atoms with Crippen LogP contribution in [-0.2, 0) is 4.79 Å². The third-order valence-electron chi connectivity index (χ3n) is 3.39. The Kier molecular flexibility index (Phi) is 5.43. The fourth-order valence-corrected chi connectivity index (χ4v) is 2.85. The average Bonchev–Trinajstić information content (AvgIpc) is 2.70. The van der Waals surface area contributed by atoms with Crippen molar-refractivity contribution in [2.75, 3.05) is 26.2 Å². The molecule has 0 radical (unpaired) electrons. The quantitative estimate of drug-likeness (QED) is 0.918. The molecule has 1 aliphatic rings. The molecule has 1 fully saturated rings. The molecule has 0 bridgehead atoms. The maximum Gasteiger partial charge on any atom is 0.263 e. The summed E-state index contributed by atoms with van der Waals surface area (Å²) in [7, 11) is 0. The molecule has 0 saturated carbocycles. The summed E-state index contributed by atoms with van der Waals surface area (Å²) in [5.41, 5.74) is 1.15. The number of carbonyl (C=O) groups excluding carboxylic acids is 1. The highest BCUT2D eigenvalue weighted by Crippen LogP contribution is 2.26. The van der Waals surface area contributed by atoms with Crippen molar-refractivity contribution in [1.29, 1.82) is 0 Å². The summed E-state index contributed by atoms with van der Waals surface area (Å²) in [6.07, 6.45) is 0.527. The van der Waals surface area contributed by atoms with Crippen molar-refractivity contribution in [3.63, 3.8) is 0 Å². The average molecular weight is 341 g/mol. The molecule has 1 atom stereocenters. The largest absolute Gasteiger partial charge is 0.480 e. The van der Waals surface area contributed by atoms with E-state index in [1.165, 1.54) is 0 Å². The van der Waals surface area contributed by atoms with Crippen molar-refractivity contribution in [2.45, 2.75) is 26.4 Å². The topological polar surface area (TPSA) is 41.6 Å². The van der Waals surface area contributed by atoms with E-state index in [9.17, 15) is 4.79 Å². The summed E-state index contributed by atoms with van der Waals surface area (Å²) in [6.45, 7) is 7.21. The van der Waals surface area contributed by atoms with Crippen LogP contribution < -0.4 is 10.1 Å². The first-order valence-electron chi connectivity index (χ1n) is 7.00. The van der Waals surface area contributed by atoms with Gasteiger partial charge in [-0.05, 0) is 60.4 Å². The molecule has 0 aliphatic carbocycles. The molecule has 1 amide bonds. The van der Waals surface area contributed by atoms with Crippen LogP contribution in [0.15, 0.2) is 22.7 Å². The molecule has 2 rings (SSSR count). The van der Waals surface area contributed by atoms with Gasteiger partial charge in [-0.2, -0.15) is 0 Å². The van der Waals surface area contributed by atoms with Crippen LogP contribution >= 0.6 is 15.9 Å². The number of ether oxygens (including phenoxy) is 1. The Morgan fingerprint density at radius 1 is 1.40 bits per heavy atom. The van der Waals surface area contributed by atoms with Gasteiger partial charge in [0.05, 0.1) is 4.47 Å². The van der Waals surface area contributed by atoms with Gasteiger partial charge in [0.15, 0.2) is 6.10 Å². The molecule has 0 aromatic heterocycles. The number of amides is 1. The fourth-order valence-electron chi connectivity index (χ4n) is 2.27. The predicted octanol–water partition coefficient (Wildman–Crippen LogP) is 2.35. The molecule has 1 heterocycles. The Morgan fingerprint density at radius 3 is 2.95 bits per heavy atom. The molecule has 1 aromatic carbocycles. The van der Waals surface area contributed by atoms with Crippen LogP contribution in [0.3, 0.4) is 0 Å². The monoisotopic (exact) mass is 340 g/mol. The molecular weight excluding hydrogens is 320 g/mol. The summed E-state index contributed by atoms with van der Waals surface area (Å²) in [4.78, 5) is 14.3. The van der Waals surface area contributed by atoms with Gasteiger partial charge in [0.2, 0.25) is 0 Å². The Bertz CT molecular complexity index is 471. The molecule has 1 aliphatic heterocycles. The van der Waals surface area contributed by atoms with E-state index >= 15 is 0 Å². The maximum atomic E-state index is 12.4. The highest BCUT2D eigenvalue weighted by molar-refractivity contribution is 9.10.